The molecule has 0 heterocycles. The maximum atomic E-state index is 5.32. The fourth-order valence-electron chi connectivity index (χ4n) is 0.557. The molecule has 68 valence electrons. The topological polar surface area (TPSA) is 30.5 Å². The van der Waals surface area contributed by atoms with E-state index in [1.807, 2.05) is 13.8 Å². The summed E-state index contributed by atoms with van der Waals surface area (Å²) in [5.41, 5.74) is 0. The van der Waals surface area contributed by atoms with Gasteiger partial charge in [-0.2, -0.15) is 0 Å². The second-order valence-electron chi connectivity index (χ2n) is 2.38. The molecule has 1 N–H and O–H groups in total. The summed E-state index contributed by atoms with van der Waals surface area (Å²) in [7, 11) is -0.850. The molecule has 0 spiro atoms. The molecule has 0 aromatic heterocycles. The molecule has 0 aromatic carbocycles. The minimum Gasteiger partial charge on any atom is -0.322 e. The van der Waals surface area contributed by atoms with Gasteiger partial charge in [0.2, 0.25) is 0 Å². The fraction of sp³-hybridized carbons (Fsp3) is 1.00. The molecular weight excluding hydrogens is 161 g/mol. The molecule has 0 aromatic rings. The van der Waals surface area contributed by atoms with Crippen LogP contribution in [-0.2, 0) is 9.05 Å². The van der Waals surface area contributed by atoms with Gasteiger partial charge in [0, 0.05) is 6.04 Å². The van der Waals surface area contributed by atoms with Crippen molar-refractivity contribution in [2.45, 2.75) is 33.7 Å². The lowest BCUT2D eigenvalue weighted by atomic mass is 10.4. The van der Waals surface area contributed by atoms with Gasteiger partial charge in [0.15, 0.2) is 0 Å². The van der Waals surface area contributed by atoms with Gasteiger partial charge in [0.25, 0.3) is 8.53 Å². The zero-order chi connectivity index (χ0) is 8.69. The second kappa shape index (κ2) is 6.99. The first-order chi connectivity index (χ1) is 5.20. The number of hydrogen-bond donors (Lipinski definition) is 1. The molecule has 0 aliphatic carbocycles. The summed E-state index contributed by atoms with van der Waals surface area (Å²) in [5, 5.41) is 3.20. The average Bonchev–Trinajstić information content (AvgIpc) is 1.87. The Hall–Kier alpha value is 0.310. The lowest BCUT2D eigenvalue weighted by Crippen LogP contribution is -2.19. The van der Waals surface area contributed by atoms with E-state index in [0.29, 0.717) is 19.3 Å². The van der Waals surface area contributed by atoms with Gasteiger partial charge in [-0.1, -0.05) is 0 Å². The quantitative estimate of drug-likeness (QED) is 0.634. The first kappa shape index (κ1) is 11.3. The molecule has 0 bridgehead atoms. The summed E-state index contributed by atoms with van der Waals surface area (Å²) in [6.45, 7) is 9.49. The highest BCUT2D eigenvalue weighted by Crippen LogP contribution is 2.33. The predicted octanol–water partition coefficient (Wildman–Crippen LogP) is 2.28. The fourth-order valence-corrected chi connectivity index (χ4v) is 1.67. The van der Waals surface area contributed by atoms with Crippen molar-refractivity contribution in [3.8, 4) is 0 Å². The Morgan fingerprint density at radius 3 is 1.91 bits per heavy atom. The van der Waals surface area contributed by atoms with Crippen molar-refractivity contribution in [2.24, 2.45) is 0 Å². The SMILES string of the molecule is CCOP(NC(C)C)OCC. The van der Waals surface area contributed by atoms with Crippen molar-refractivity contribution < 1.29 is 9.05 Å². The zero-order valence-electron chi connectivity index (χ0n) is 7.76. The molecule has 0 radical (unpaired) electrons. The molecule has 0 atom stereocenters. The Balaban J connectivity index is 3.50. The molecule has 0 rings (SSSR count). The van der Waals surface area contributed by atoms with E-state index in [9.17, 15) is 0 Å². The van der Waals surface area contributed by atoms with Crippen LogP contribution in [0.25, 0.3) is 0 Å². The molecule has 3 nitrogen and oxygen atoms in total. The monoisotopic (exact) mass is 179 g/mol. The van der Waals surface area contributed by atoms with Crippen molar-refractivity contribution in [1.82, 2.24) is 5.09 Å². The van der Waals surface area contributed by atoms with E-state index in [4.69, 9.17) is 9.05 Å². The predicted molar refractivity (Wildman–Crippen MR) is 48.4 cm³/mol. The van der Waals surface area contributed by atoms with Crippen molar-refractivity contribution >= 4 is 8.53 Å². The Kier molecular flexibility index (Phi) is 7.18. The van der Waals surface area contributed by atoms with E-state index in [2.05, 4.69) is 18.9 Å². The van der Waals surface area contributed by atoms with Crippen LogP contribution in [0.4, 0.5) is 0 Å². The van der Waals surface area contributed by atoms with Crippen molar-refractivity contribution in [2.75, 3.05) is 13.2 Å². The van der Waals surface area contributed by atoms with E-state index in [-0.39, 0.29) is 0 Å². The number of rotatable bonds is 6. The highest BCUT2D eigenvalue weighted by Gasteiger charge is 2.09. The molecular formula is C7H18NO2P. The standard InChI is InChI=1S/C7H18NO2P/c1-5-9-11(10-6-2)8-7(3)4/h7-8H,5-6H2,1-4H3. The van der Waals surface area contributed by atoms with Gasteiger partial charge in [-0.25, -0.2) is 5.09 Å². The van der Waals surface area contributed by atoms with Crippen LogP contribution in [0.1, 0.15) is 27.7 Å². The summed E-state index contributed by atoms with van der Waals surface area (Å²) in [6.07, 6.45) is 0. The summed E-state index contributed by atoms with van der Waals surface area (Å²) in [5.74, 6) is 0. The van der Waals surface area contributed by atoms with Crippen LogP contribution in [0, 0.1) is 0 Å². The van der Waals surface area contributed by atoms with E-state index in [0.717, 1.165) is 0 Å². The Morgan fingerprint density at radius 1 is 1.18 bits per heavy atom. The molecule has 0 amide bonds. The van der Waals surface area contributed by atoms with E-state index in [1.165, 1.54) is 0 Å². The van der Waals surface area contributed by atoms with Crippen LogP contribution in [0.3, 0.4) is 0 Å². The van der Waals surface area contributed by atoms with Crippen LogP contribution >= 0.6 is 8.53 Å². The van der Waals surface area contributed by atoms with Crippen LogP contribution in [0.5, 0.6) is 0 Å². The third-order valence-electron chi connectivity index (χ3n) is 0.856. The van der Waals surface area contributed by atoms with Crippen LogP contribution in [-0.4, -0.2) is 19.3 Å². The summed E-state index contributed by atoms with van der Waals surface area (Å²) >= 11 is 0. The minimum atomic E-state index is -0.850. The molecule has 0 fully saturated rings. The smallest absolute Gasteiger partial charge is 0.256 e. The third-order valence-corrected chi connectivity index (χ3v) is 2.57. The lowest BCUT2D eigenvalue weighted by molar-refractivity contribution is 0.258. The average molecular weight is 179 g/mol. The third kappa shape index (κ3) is 6.70. The Morgan fingerprint density at radius 2 is 1.64 bits per heavy atom. The van der Waals surface area contributed by atoms with Crippen molar-refractivity contribution in [3.05, 3.63) is 0 Å². The highest BCUT2D eigenvalue weighted by molar-refractivity contribution is 7.44. The summed E-state index contributed by atoms with van der Waals surface area (Å²) in [6, 6.07) is 0.416. The van der Waals surface area contributed by atoms with E-state index < -0.39 is 8.53 Å². The van der Waals surface area contributed by atoms with E-state index >= 15 is 0 Å². The number of hydrogen-bond acceptors (Lipinski definition) is 3. The Labute approximate surface area is 70.4 Å². The maximum Gasteiger partial charge on any atom is 0.256 e. The summed E-state index contributed by atoms with van der Waals surface area (Å²) < 4.78 is 10.6. The van der Waals surface area contributed by atoms with Gasteiger partial charge in [-0.15, -0.1) is 0 Å². The van der Waals surface area contributed by atoms with Gasteiger partial charge < -0.3 is 9.05 Å². The van der Waals surface area contributed by atoms with Crippen LogP contribution < -0.4 is 5.09 Å². The van der Waals surface area contributed by atoms with Gasteiger partial charge in [-0.3, -0.25) is 0 Å². The van der Waals surface area contributed by atoms with Crippen molar-refractivity contribution in [1.29, 1.82) is 0 Å². The molecule has 11 heavy (non-hydrogen) atoms. The minimum absolute atomic E-state index is 0.416. The molecule has 4 heteroatoms. The molecule has 0 aliphatic rings. The van der Waals surface area contributed by atoms with Gasteiger partial charge in [0.1, 0.15) is 0 Å². The number of nitrogens with one attached hydrogen (secondary N) is 1. The maximum absolute atomic E-state index is 5.32. The largest absolute Gasteiger partial charge is 0.322 e. The normalized spacial score (nSPS) is 11.5. The van der Waals surface area contributed by atoms with Crippen LogP contribution in [0.15, 0.2) is 0 Å². The zero-order valence-corrected chi connectivity index (χ0v) is 8.65. The molecule has 0 saturated heterocycles. The lowest BCUT2D eigenvalue weighted by Gasteiger charge is -2.18. The van der Waals surface area contributed by atoms with Gasteiger partial charge >= 0.3 is 0 Å². The highest BCUT2D eigenvalue weighted by atomic mass is 31.2. The Bertz CT molecular complexity index is 84.5. The van der Waals surface area contributed by atoms with Crippen molar-refractivity contribution in [3.63, 3.8) is 0 Å². The first-order valence-corrected chi connectivity index (χ1v) is 5.20. The van der Waals surface area contributed by atoms with E-state index in [1.54, 1.807) is 0 Å². The molecule has 0 aliphatic heterocycles. The van der Waals surface area contributed by atoms with Gasteiger partial charge in [0.05, 0.1) is 13.2 Å². The van der Waals surface area contributed by atoms with Gasteiger partial charge in [-0.05, 0) is 27.7 Å². The summed E-state index contributed by atoms with van der Waals surface area (Å²) in [4.78, 5) is 0. The molecule has 0 saturated carbocycles. The second-order valence-corrected chi connectivity index (χ2v) is 3.67. The van der Waals surface area contributed by atoms with Crippen LogP contribution in [0.2, 0.25) is 0 Å². The molecule has 0 unspecified atom stereocenters. The first-order valence-electron chi connectivity index (χ1n) is 4.02.